The first-order chi connectivity index (χ1) is 8.27. The molecule has 0 saturated carbocycles. The van der Waals surface area contributed by atoms with Crippen molar-refractivity contribution in [3.8, 4) is 0 Å². The van der Waals surface area contributed by atoms with Crippen molar-refractivity contribution in [3.05, 3.63) is 23.0 Å². The van der Waals surface area contributed by atoms with E-state index < -0.39 is 29.3 Å². The van der Waals surface area contributed by atoms with Crippen molar-refractivity contribution >= 4 is 11.6 Å². The molecule has 2 atom stereocenters. The van der Waals surface area contributed by atoms with E-state index in [1.54, 1.807) is 13.8 Å². The number of Topliss-reactive ketones (excluding diaryl/α,β-unsaturated/α-hetero) is 2. The lowest BCUT2D eigenvalue weighted by Crippen LogP contribution is -2.23. The van der Waals surface area contributed by atoms with E-state index in [1.165, 1.54) is 0 Å². The van der Waals surface area contributed by atoms with Gasteiger partial charge in [-0.3, -0.25) is 9.59 Å². The second-order valence-corrected chi connectivity index (χ2v) is 5.21. The van der Waals surface area contributed by atoms with Gasteiger partial charge in [-0.15, -0.1) is 0 Å². The topological polar surface area (TPSA) is 74.6 Å². The van der Waals surface area contributed by atoms with E-state index in [2.05, 4.69) is 0 Å². The Labute approximate surface area is 107 Å². The molecule has 0 aromatic heterocycles. The third kappa shape index (κ3) is 2.70. The highest BCUT2D eigenvalue weighted by Gasteiger charge is 2.43. The fourth-order valence-corrected chi connectivity index (χ4v) is 1.93. The molecule has 0 spiro atoms. The van der Waals surface area contributed by atoms with Gasteiger partial charge in [0.1, 0.15) is 17.4 Å². The van der Waals surface area contributed by atoms with Crippen LogP contribution in [0, 0.1) is 11.8 Å². The molecule has 1 aliphatic rings. The summed E-state index contributed by atoms with van der Waals surface area (Å²) in [6.45, 7) is 7.09. The molecule has 0 amide bonds. The summed E-state index contributed by atoms with van der Waals surface area (Å²) in [5.74, 6) is -2.43. The zero-order valence-corrected chi connectivity index (χ0v) is 11.2. The molecule has 0 heterocycles. The predicted molar refractivity (Wildman–Crippen MR) is 68.1 cm³/mol. The lowest BCUT2D eigenvalue weighted by atomic mass is 9.93. The Morgan fingerprint density at radius 3 is 2.39 bits per heavy atom. The molecule has 18 heavy (non-hydrogen) atoms. The quantitative estimate of drug-likeness (QED) is 0.592. The Morgan fingerprint density at radius 1 is 1.39 bits per heavy atom. The van der Waals surface area contributed by atoms with Crippen LogP contribution in [0.1, 0.15) is 34.1 Å². The number of rotatable bonds is 4. The standard InChI is InChI=1S/C14H20O4/c1-7(2)5-6-9-12(16)10(11(15)8(3)4)14(18)13(9)17/h5,8-9,13,17-18H,6H2,1-4H3/t9?,13-/m1/s1. The summed E-state index contributed by atoms with van der Waals surface area (Å²) in [6.07, 6.45) is 0.897. The highest BCUT2D eigenvalue weighted by atomic mass is 16.3. The lowest BCUT2D eigenvalue weighted by molar-refractivity contribution is -0.124. The van der Waals surface area contributed by atoms with E-state index >= 15 is 0 Å². The van der Waals surface area contributed by atoms with Gasteiger partial charge >= 0.3 is 0 Å². The number of carbonyl (C=O) groups excluding carboxylic acids is 2. The van der Waals surface area contributed by atoms with Crippen molar-refractivity contribution in [2.24, 2.45) is 11.8 Å². The normalized spacial score (nSPS) is 23.8. The van der Waals surface area contributed by atoms with Crippen LogP contribution in [0.3, 0.4) is 0 Å². The van der Waals surface area contributed by atoms with Gasteiger partial charge in [-0.1, -0.05) is 25.5 Å². The van der Waals surface area contributed by atoms with Crippen LogP contribution in [0.2, 0.25) is 0 Å². The molecule has 0 radical (unpaired) electrons. The van der Waals surface area contributed by atoms with Crippen LogP contribution in [-0.4, -0.2) is 27.9 Å². The maximum Gasteiger partial charge on any atom is 0.176 e. The molecular weight excluding hydrogens is 232 g/mol. The molecule has 4 nitrogen and oxygen atoms in total. The van der Waals surface area contributed by atoms with Gasteiger partial charge in [-0.05, 0) is 20.3 Å². The van der Waals surface area contributed by atoms with Crippen LogP contribution in [0.15, 0.2) is 23.0 Å². The van der Waals surface area contributed by atoms with Crippen molar-refractivity contribution in [2.75, 3.05) is 0 Å². The van der Waals surface area contributed by atoms with Gasteiger partial charge < -0.3 is 10.2 Å². The summed E-state index contributed by atoms with van der Waals surface area (Å²) >= 11 is 0. The number of aliphatic hydroxyl groups is 2. The Bertz CT molecular complexity index is 425. The van der Waals surface area contributed by atoms with Gasteiger partial charge in [0.05, 0.1) is 5.92 Å². The van der Waals surface area contributed by atoms with Crippen molar-refractivity contribution < 1.29 is 19.8 Å². The summed E-state index contributed by atoms with van der Waals surface area (Å²) in [5.41, 5.74) is 0.808. The van der Waals surface area contributed by atoms with E-state index in [-0.39, 0.29) is 11.5 Å². The van der Waals surface area contributed by atoms with Crippen LogP contribution in [-0.2, 0) is 9.59 Å². The number of allylic oxidation sites excluding steroid dienone is 3. The second kappa shape index (κ2) is 5.48. The first-order valence-corrected chi connectivity index (χ1v) is 6.10. The van der Waals surface area contributed by atoms with E-state index in [0.717, 1.165) is 5.57 Å². The molecule has 1 rings (SSSR count). The summed E-state index contributed by atoms with van der Waals surface area (Å²) in [6, 6.07) is 0. The molecule has 0 aliphatic heterocycles. The fraction of sp³-hybridized carbons (Fsp3) is 0.571. The highest BCUT2D eigenvalue weighted by molar-refractivity contribution is 6.23. The molecule has 0 bridgehead atoms. The molecular formula is C14H20O4. The Kier molecular flexibility index (Phi) is 4.46. The Balaban J connectivity index is 2.99. The maximum atomic E-state index is 12.1. The zero-order valence-electron chi connectivity index (χ0n) is 11.2. The van der Waals surface area contributed by atoms with Crippen LogP contribution < -0.4 is 0 Å². The minimum absolute atomic E-state index is 0.218. The predicted octanol–water partition coefficient (Wildman–Crippen LogP) is 1.94. The summed E-state index contributed by atoms with van der Waals surface area (Å²) < 4.78 is 0. The number of hydrogen-bond acceptors (Lipinski definition) is 4. The molecule has 4 heteroatoms. The van der Waals surface area contributed by atoms with E-state index in [1.807, 2.05) is 19.9 Å². The summed E-state index contributed by atoms with van der Waals surface area (Å²) in [4.78, 5) is 23.9. The summed E-state index contributed by atoms with van der Waals surface area (Å²) in [5, 5.41) is 19.6. The SMILES string of the molecule is CC(C)=CCC1C(=O)C(C(=O)C(C)C)=C(O)[C@@H]1O. The minimum Gasteiger partial charge on any atom is -0.509 e. The van der Waals surface area contributed by atoms with Gasteiger partial charge in [0, 0.05) is 5.92 Å². The smallest absolute Gasteiger partial charge is 0.176 e. The average Bonchev–Trinajstić information content (AvgIpc) is 2.47. The van der Waals surface area contributed by atoms with Crippen molar-refractivity contribution in [2.45, 2.75) is 40.2 Å². The van der Waals surface area contributed by atoms with Crippen molar-refractivity contribution in [1.82, 2.24) is 0 Å². The fourth-order valence-electron chi connectivity index (χ4n) is 1.93. The third-order valence-corrected chi connectivity index (χ3v) is 3.05. The number of carbonyl (C=O) groups is 2. The summed E-state index contributed by atoms with van der Waals surface area (Å²) in [7, 11) is 0. The Morgan fingerprint density at radius 2 is 1.94 bits per heavy atom. The molecule has 0 aromatic carbocycles. The minimum atomic E-state index is -1.26. The van der Waals surface area contributed by atoms with E-state index in [4.69, 9.17) is 0 Å². The molecule has 0 saturated heterocycles. The van der Waals surface area contributed by atoms with Crippen LogP contribution in [0.25, 0.3) is 0 Å². The van der Waals surface area contributed by atoms with Crippen molar-refractivity contribution in [1.29, 1.82) is 0 Å². The van der Waals surface area contributed by atoms with E-state index in [0.29, 0.717) is 6.42 Å². The second-order valence-electron chi connectivity index (χ2n) is 5.21. The van der Waals surface area contributed by atoms with Crippen LogP contribution in [0.4, 0.5) is 0 Å². The monoisotopic (exact) mass is 252 g/mol. The number of aliphatic hydroxyl groups excluding tert-OH is 2. The van der Waals surface area contributed by atoms with E-state index in [9.17, 15) is 19.8 Å². The highest BCUT2D eigenvalue weighted by Crippen LogP contribution is 2.32. The van der Waals surface area contributed by atoms with Gasteiger partial charge in [-0.2, -0.15) is 0 Å². The van der Waals surface area contributed by atoms with Gasteiger partial charge in [0.2, 0.25) is 0 Å². The van der Waals surface area contributed by atoms with Crippen LogP contribution in [0.5, 0.6) is 0 Å². The largest absolute Gasteiger partial charge is 0.509 e. The van der Waals surface area contributed by atoms with Crippen molar-refractivity contribution in [3.63, 3.8) is 0 Å². The molecule has 1 aliphatic carbocycles. The molecule has 1 unspecified atom stereocenters. The number of hydrogen-bond donors (Lipinski definition) is 2. The van der Waals surface area contributed by atoms with Gasteiger partial charge in [-0.25, -0.2) is 0 Å². The third-order valence-electron chi connectivity index (χ3n) is 3.05. The first-order valence-electron chi connectivity index (χ1n) is 6.10. The molecule has 2 N–H and O–H groups in total. The zero-order chi connectivity index (χ0) is 14.0. The van der Waals surface area contributed by atoms with Gasteiger partial charge in [0.15, 0.2) is 11.6 Å². The molecule has 0 aromatic rings. The first kappa shape index (κ1) is 14.6. The van der Waals surface area contributed by atoms with Crippen LogP contribution >= 0.6 is 0 Å². The van der Waals surface area contributed by atoms with Gasteiger partial charge in [0.25, 0.3) is 0 Å². The Hall–Kier alpha value is -1.42. The molecule has 100 valence electrons. The molecule has 0 fully saturated rings. The average molecular weight is 252 g/mol. The maximum absolute atomic E-state index is 12.1. The lowest BCUT2D eigenvalue weighted by Gasteiger charge is -2.11. The number of ketones is 2.